The molecule has 1 atom stereocenters. The molecule has 0 radical (unpaired) electrons. The first-order valence-electron chi connectivity index (χ1n) is 5.74. The number of thiophene rings is 1. The number of sulfonamides is 1. The zero-order chi connectivity index (χ0) is 14.0. The number of hydrogen-bond acceptors (Lipinski definition) is 4. The summed E-state index contributed by atoms with van der Waals surface area (Å²) < 4.78 is 27.7. The van der Waals surface area contributed by atoms with E-state index < -0.39 is 16.1 Å². The number of halogens is 1. The van der Waals surface area contributed by atoms with Crippen molar-refractivity contribution in [3.8, 4) is 0 Å². The molecule has 0 aliphatic rings. The smallest absolute Gasteiger partial charge is 0.242 e. The van der Waals surface area contributed by atoms with Crippen LogP contribution in [0.4, 0.5) is 0 Å². The van der Waals surface area contributed by atoms with Crippen molar-refractivity contribution in [2.75, 3.05) is 6.54 Å². The number of aliphatic hydroxyl groups excluding tert-OH is 1. The van der Waals surface area contributed by atoms with Crippen LogP contribution in [-0.4, -0.2) is 26.2 Å². The van der Waals surface area contributed by atoms with Crippen LogP contribution < -0.4 is 4.72 Å². The predicted molar refractivity (Wildman–Crippen MR) is 78.3 cm³/mol. The Morgan fingerprint density at radius 1 is 1.47 bits per heavy atom. The monoisotopic (exact) mass is 319 g/mol. The molecule has 0 saturated carbocycles. The lowest BCUT2D eigenvalue weighted by atomic mass is 10.3. The zero-order valence-electron chi connectivity index (χ0n) is 10.3. The average molecular weight is 320 g/mol. The Morgan fingerprint density at radius 3 is 2.89 bits per heavy atom. The number of hydrogen-bond donors (Lipinski definition) is 2. The van der Waals surface area contributed by atoms with E-state index in [-0.39, 0.29) is 11.4 Å². The van der Waals surface area contributed by atoms with E-state index in [4.69, 9.17) is 16.7 Å². The lowest BCUT2D eigenvalue weighted by Gasteiger charge is -2.07. The molecule has 0 amide bonds. The first kappa shape index (κ1) is 14.7. The van der Waals surface area contributed by atoms with Crippen molar-refractivity contribution in [3.63, 3.8) is 0 Å². The molecular weight excluding hydrogens is 306 g/mol. The quantitative estimate of drug-likeness (QED) is 0.890. The molecule has 19 heavy (non-hydrogen) atoms. The number of aliphatic hydroxyl groups is 1. The maximum atomic E-state index is 12.2. The summed E-state index contributed by atoms with van der Waals surface area (Å²) in [6.07, 6.45) is -0.154. The highest BCUT2D eigenvalue weighted by molar-refractivity contribution is 7.90. The van der Waals surface area contributed by atoms with Crippen molar-refractivity contribution in [3.05, 3.63) is 28.6 Å². The fraction of sp³-hybridized carbons (Fsp3) is 0.333. The lowest BCUT2D eigenvalue weighted by Crippen LogP contribution is -2.26. The third-order valence-electron chi connectivity index (χ3n) is 2.64. The van der Waals surface area contributed by atoms with Gasteiger partial charge >= 0.3 is 0 Å². The van der Waals surface area contributed by atoms with Gasteiger partial charge in [-0.15, -0.1) is 11.3 Å². The minimum atomic E-state index is -3.57. The van der Waals surface area contributed by atoms with Crippen molar-refractivity contribution in [1.29, 1.82) is 0 Å². The Hall–Kier alpha value is -0.660. The van der Waals surface area contributed by atoms with E-state index in [1.165, 1.54) is 11.3 Å². The first-order valence-corrected chi connectivity index (χ1v) is 8.49. The van der Waals surface area contributed by atoms with Gasteiger partial charge in [0.2, 0.25) is 10.0 Å². The van der Waals surface area contributed by atoms with E-state index >= 15 is 0 Å². The van der Waals surface area contributed by atoms with E-state index in [1.54, 1.807) is 30.5 Å². The van der Waals surface area contributed by atoms with Gasteiger partial charge in [-0.05, 0) is 31.5 Å². The summed E-state index contributed by atoms with van der Waals surface area (Å²) in [7, 11) is -3.57. The number of fused-ring (bicyclic) bond motifs is 1. The summed E-state index contributed by atoms with van der Waals surface area (Å²) in [5, 5.41) is 11.9. The standard InChI is InChI=1S/C12H14ClNO3S2/c1-8(15)4-5-14-19(16,17)12-7-18-11-3-2-9(13)6-10(11)12/h2-3,6-8,14-15H,4-5H2,1H3. The fourth-order valence-electron chi connectivity index (χ4n) is 1.67. The van der Waals surface area contributed by atoms with E-state index in [1.807, 2.05) is 0 Å². The molecule has 0 aliphatic heterocycles. The Balaban J connectivity index is 2.30. The molecule has 4 nitrogen and oxygen atoms in total. The van der Waals surface area contributed by atoms with Crippen LogP contribution in [0, 0.1) is 0 Å². The predicted octanol–water partition coefficient (Wildman–Crippen LogP) is 2.60. The molecule has 0 aliphatic carbocycles. The summed E-state index contributed by atoms with van der Waals surface area (Å²) in [6.45, 7) is 1.83. The Bertz CT molecular complexity index is 679. The molecule has 1 aromatic heterocycles. The second-order valence-corrected chi connectivity index (χ2v) is 7.36. The van der Waals surface area contributed by atoms with Gasteiger partial charge < -0.3 is 5.11 Å². The van der Waals surface area contributed by atoms with Gasteiger partial charge in [-0.25, -0.2) is 13.1 Å². The highest BCUT2D eigenvalue weighted by atomic mass is 35.5. The molecule has 0 spiro atoms. The minimum Gasteiger partial charge on any atom is -0.393 e. The summed E-state index contributed by atoms with van der Waals surface area (Å²) in [4.78, 5) is 0.237. The van der Waals surface area contributed by atoms with Crippen molar-refractivity contribution in [2.24, 2.45) is 0 Å². The molecule has 2 aromatic rings. The fourth-order valence-corrected chi connectivity index (χ4v) is 4.36. The molecule has 2 rings (SSSR count). The molecule has 0 bridgehead atoms. The summed E-state index contributed by atoms with van der Waals surface area (Å²) in [5.74, 6) is 0. The van der Waals surface area contributed by atoms with Crippen LogP contribution in [0.15, 0.2) is 28.5 Å². The van der Waals surface area contributed by atoms with Gasteiger partial charge in [-0.3, -0.25) is 0 Å². The summed E-state index contributed by atoms with van der Waals surface area (Å²) in [5.41, 5.74) is 0. The van der Waals surface area contributed by atoms with Gasteiger partial charge in [-0.1, -0.05) is 11.6 Å². The summed E-state index contributed by atoms with van der Waals surface area (Å²) >= 11 is 7.26. The molecule has 104 valence electrons. The number of benzene rings is 1. The summed E-state index contributed by atoms with van der Waals surface area (Å²) in [6, 6.07) is 5.19. The van der Waals surface area contributed by atoms with Crippen LogP contribution in [0.3, 0.4) is 0 Å². The molecular formula is C12H14ClNO3S2. The normalized spacial score (nSPS) is 13.8. The SMILES string of the molecule is CC(O)CCNS(=O)(=O)c1csc2ccc(Cl)cc12. The van der Waals surface area contributed by atoms with Crippen LogP contribution in [-0.2, 0) is 10.0 Å². The van der Waals surface area contributed by atoms with Crippen LogP contribution in [0.5, 0.6) is 0 Å². The van der Waals surface area contributed by atoms with Gasteiger partial charge in [0.25, 0.3) is 0 Å². The molecule has 1 heterocycles. The number of nitrogens with one attached hydrogen (secondary N) is 1. The highest BCUT2D eigenvalue weighted by Gasteiger charge is 2.18. The zero-order valence-corrected chi connectivity index (χ0v) is 12.6. The van der Waals surface area contributed by atoms with Gasteiger partial charge in [0, 0.05) is 27.0 Å². The van der Waals surface area contributed by atoms with Crippen molar-refractivity contribution < 1.29 is 13.5 Å². The van der Waals surface area contributed by atoms with Gasteiger partial charge in [0.05, 0.1) is 6.10 Å². The second kappa shape index (κ2) is 5.76. The van der Waals surface area contributed by atoms with Gasteiger partial charge in [-0.2, -0.15) is 0 Å². The van der Waals surface area contributed by atoms with Gasteiger partial charge in [0.1, 0.15) is 4.90 Å². The molecule has 2 N–H and O–H groups in total. The average Bonchev–Trinajstić information content (AvgIpc) is 2.71. The maximum Gasteiger partial charge on any atom is 0.242 e. The second-order valence-electron chi connectivity index (χ2n) is 4.28. The third-order valence-corrected chi connectivity index (χ3v) is 5.49. The van der Waals surface area contributed by atoms with Crippen molar-refractivity contribution in [1.82, 2.24) is 4.72 Å². The Labute approximate surface area is 121 Å². The van der Waals surface area contributed by atoms with E-state index in [0.717, 1.165) is 4.70 Å². The largest absolute Gasteiger partial charge is 0.393 e. The topological polar surface area (TPSA) is 66.4 Å². The van der Waals surface area contributed by atoms with Crippen molar-refractivity contribution in [2.45, 2.75) is 24.3 Å². The minimum absolute atomic E-state index is 0.206. The maximum absolute atomic E-state index is 12.2. The molecule has 0 fully saturated rings. The molecule has 1 unspecified atom stereocenters. The van der Waals surface area contributed by atoms with Crippen LogP contribution in [0.2, 0.25) is 5.02 Å². The van der Waals surface area contributed by atoms with E-state index in [0.29, 0.717) is 16.8 Å². The third kappa shape index (κ3) is 3.46. The highest BCUT2D eigenvalue weighted by Crippen LogP contribution is 2.31. The Morgan fingerprint density at radius 2 is 2.21 bits per heavy atom. The van der Waals surface area contributed by atoms with Crippen LogP contribution in [0.25, 0.3) is 10.1 Å². The van der Waals surface area contributed by atoms with Gasteiger partial charge in [0.15, 0.2) is 0 Å². The lowest BCUT2D eigenvalue weighted by molar-refractivity contribution is 0.186. The van der Waals surface area contributed by atoms with E-state index in [2.05, 4.69) is 4.72 Å². The Kier molecular flexibility index (Phi) is 4.47. The first-order chi connectivity index (χ1) is 8.90. The molecule has 0 saturated heterocycles. The van der Waals surface area contributed by atoms with Crippen LogP contribution in [0.1, 0.15) is 13.3 Å². The molecule has 1 aromatic carbocycles. The van der Waals surface area contributed by atoms with E-state index in [9.17, 15) is 8.42 Å². The van der Waals surface area contributed by atoms with Crippen molar-refractivity contribution >= 4 is 43.0 Å². The van der Waals surface area contributed by atoms with Crippen LogP contribution >= 0.6 is 22.9 Å². The molecule has 7 heteroatoms. The number of rotatable bonds is 5.